The van der Waals surface area contributed by atoms with E-state index in [1.165, 1.54) is 6.92 Å². The van der Waals surface area contributed by atoms with Crippen LogP contribution in [0.5, 0.6) is 5.75 Å². The van der Waals surface area contributed by atoms with Crippen LogP contribution in [0.1, 0.15) is 24.5 Å². The molecule has 2 amide bonds. The van der Waals surface area contributed by atoms with Crippen molar-refractivity contribution in [2.45, 2.75) is 19.8 Å². The summed E-state index contributed by atoms with van der Waals surface area (Å²) in [4.78, 5) is 27.8. The van der Waals surface area contributed by atoms with Crippen LogP contribution < -0.4 is 15.4 Å². The molecule has 3 N–H and O–H groups in total. The van der Waals surface area contributed by atoms with Crippen molar-refractivity contribution in [1.29, 1.82) is 5.41 Å². The van der Waals surface area contributed by atoms with Gasteiger partial charge in [-0.05, 0) is 29.8 Å². The molecule has 2 aromatic rings. The molecule has 0 heterocycles. The Morgan fingerprint density at radius 2 is 1.80 bits per heavy atom. The number of ether oxygens (including phenoxy) is 1. The molecular formula is C21H22Cl2N4O3. The number of rotatable bonds is 7. The Morgan fingerprint density at radius 1 is 1.17 bits per heavy atom. The number of aliphatic imine (C=N–C) groups is 1. The van der Waals surface area contributed by atoms with E-state index in [-0.39, 0.29) is 40.5 Å². The summed E-state index contributed by atoms with van der Waals surface area (Å²) < 4.78 is 5.32. The minimum Gasteiger partial charge on any atom is -0.496 e. The Morgan fingerprint density at radius 3 is 2.37 bits per heavy atom. The Bertz CT molecular complexity index is 982. The van der Waals surface area contributed by atoms with Gasteiger partial charge < -0.3 is 15.4 Å². The average Bonchev–Trinajstić information content (AvgIpc) is 2.68. The number of nitrogens with one attached hydrogen (secondary N) is 3. The molecule has 9 heteroatoms. The Kier molecular flexibility index (Phi) is 8.38. The molecule has 2 rings (SSSR count). The second-order valence-corrected chi connectivity index (χ2v) is 7.18. The number of amidine groups is 1. The summed E-state index contributed by atoms with van der Waals surface area (Å²) in [6.45, 7) is 1.35. The number of anilines is 1. The number of carbonyl (C=O) groups excluding carboxylic acids is 2. The highest BCUT2D eigenvalue weighted by molar-refractivity contribution is 6.39. The first-order valence-electron chi connectivity index (χ1n) is 8.97. The molecule has 0 radical (unpaired) electrons. The van der Waals surface area contributed by atoms with E-state index in [2.05, 4.69) is 15.6 Å². The lowest BCUT2D eigenvalue weighted by Gasteiger charge is -2.13. The maximum Gasteiger partial charge on any atom is 0.231 e. The summed E-state index contributed by atoms with van der Waals surface area (Å²) in [5.74, 6) is -0.0760. The summed E-state index contributed by atoms with van der Waals surface area (Å²) in [7, 11) is 3.15. The Labute approximate surface area is 184 Å². The van der Waals surface area contributed by atoms with Crippen molar-refractivity contribution in [3.63, 3.8) is 0 Å². The number of nitrogens with zero attached hydrogens (tertiary/aromatic N) is 1. The van der Waals surface area contributed by atoms with E-state index < -0.39 is 0 Å². The fourth-order valence-electron chi connectivity index (χ4n) is 2.81. The second-order valence-electron chi connectivity index (χ2n) is 6.37. The first-order chi connectivity index (χ1) is 14.2. The molecule has 0 aliphatic carbocycles. The molecule has 7 nitrogen and oxygen atoms in total. The van der Waals surface area contributed by atoms with E-state index in [0.29, 0.717) is 22.7 Å². The lowest BCUT2D eigenvalue weighted by atomic mass is 10.1. The molecule has 0 aliphatic rings. The van der Waals surface area contributed by atoms with Gasteiger partial charge in [-0.1, -0.05) is 35.3 Å². The first-order valence-corrected chi connectivity index (χ1v) is 9.72. The van der Waals surface area contributed by atoms with Gasteiger partial charge >= 0.3 is 0 Å². The lowest BCUT2D eigenvalue weighted by molar-refractivity contribution is -0.118. The van der Waals surface area contributed by atoms with E-state index in [0.717, 1.165) is 5.56 Å². The van der Waals surface area contributed by atoms with Gasteiger partial charge in [0.1, 0.15) is 11.6 Å². The number of amides is 2. The number of benzene rings is 2. The van der Waals surface area contributed by atoms with Crippen LogP contribution in [0.3, 0.4) is 0 Å². The summed E-state index contributed by atoms with van der Waals surface area (Å²) in [5, 5.41) is 13.7. The van der Waals surface area contributed by atoms with E-state index >= 15 is 0 Å². The highest BCUT2D eigenvalue weighted by Gasteiger charge is 2.16. The number of para-hydroxylation sites is 1. The van der Waals surface area contributed by atoms with E-state index in [9.17, 15) is 9.59 Å². The molecule has 0 atom stereocenters. The van der Waals surface area contributed by atoms with Crippen molar-refractivity contribution in [2.75, 3.05) is 19.5 Å². The fourth-order valence-corrected chi connectivity index (χ4v) is 3.44. The molecule has 0 saturated carbocycles. The zero-order valence-corrected chi connectivity index (χ0v) is 18.3. The van der Waals surface area contributed by atoms with Gasteiger partial charge in [-0.15, -0.1) is 0 Å². The van der Waals surface area contributed by atoms with Gasteiger partial charge in [0.05, 0.1) is 35.0 Å². The van der Waals surface area contributed by atoms with Crippen LogP contribution in [0, 0.1) is 5.41 Å². The molecule has 0 fully saturated rings. The van der Waals surface area contributed by atoms with Crippen molar-refractivity contribution in [1.82, 2.24) is 5.32 Å². The zero-order valence-electron chi connectivity index (χ0n) is 16.8. The van der Waals surface area contributed by atoms with Crippen molar-refractivity contribution < 1.29 is 14.3 Å². The molecule has 0 saturated heterocycles. The van der Waals surface area contributed by atoms with E-state index in [1.54, 1.807) is 32.4 Å². The monoisotopic (exact) mass is 448 g/mol. The molecule has 0 bridgehead atoms. The molecular weight excluding hydrogens is 427 g/mol. The van der Waals surface area contributed by atoms with Crippen molar-refractivity contribution >= 4 is 52.3 Å². The van der Waals surface area contributed by atoms with Gasteiger partial charge in [-0.3, -0.25) is 20.0 Å². The van der Waals surface area contributed by atoms with Gasteiger partial charge in [0, 0.05) is 26.0 Å². The zero-order chi connectivity index (χ0) is 22.3. The molecule has 158 valence electrons. The predicted molar refractivity (Wildman–Crippen MR) is 120 cm³/mol. The fraction of sp³-hybridized carbons (Fsp3) is 0.238. The predicted octanol–water partition coefficient (Wildman–Crippen LogP) is 4.11. The van der Waals surface area contributed by atoms with Gasteiger partial charge in [-0.25, -0.2) is 0 Å². The minimum absolute atomic E-state index is 0.0117. The van der Waals surface area contributed by atoms with Crippen LogP contribution in [0.4, 0.5) is 5.69 Å². The highest BCUT2D eigenvalue weighted by Crippen LogP contribution is 2.32. The van der Waals surface area contributed by atoms with Crippen LogP contribution in [0.2, 0.25) is 10.0 Å². The number of halogens is 2. The summed E-state index contributed by atoms with van der Waals surface area (Å²) in [6, 6.07) is 10.5. The SMILES string of the molecule is CN=C(CC(=O)NC(=N)Cc1cc(Cl)c(NC(C)=O)c(Cl)c1)c1ccccc1OC. The maximum absolute atomic E-state index is 12.4. The van der Waals surface area contributed by atoms with Crippen LogP contribution in [-0.4, -0.2) is 37.5 Å². The molecule has 2 aromatic carbocycles. The lowest BCUT2D eigenvalue weighted by Crippen LogP contribution is -2.32. The molecule has 30 heavy (non-hydrogen) atoms. The third kappa shape index (κ3) is 6.30. The summed E-state index contributed by atoms with van der Waals surface area (Å²) >= 11 is 12.3. The van der Waals surface area contributed by atoms with E-state index in [1.807, 2.05) is 18.2 Å². The maximum atomic E-state index is 12.4. The quantitative estimate of drug-likeness (QED) is 0.438. The average molecular weight is 449 g/mol. The smallest absolute Gasteiger partial charge is 0.231 e. The van der Waals surface area contributed by atoms with Gasteiger partial charge in [0.2, 0.25) is 11.8 Å². The molecule has 0 aromatic heterocycles. The largest absolute Gasteiger partial charge is 0.496 e. The topological polar surface area (TPSA) is 104 Å². The van der Waals surface area contributed by atoms with E-state index in [4.69, 9.17) is 33.3 Å². The van der Waals surface area contributed by atoms with Crippen LogP contribution in [0.15, 0.2) is 41.4 Å². The summed E-state index contributed by atoms with van der Waals surface area (Å²) in [6.07, 6.45) is 0.0982. The third-order valence-electron chi connectivity index (χ3n) is 4.09. The van der Waals surface area contributed by atoms with Crippen molar-refractivity contribution in [3.8, 4) is 5.75 Å². The normalized spacial score (nSPS) is 11.0. The standard InChI is InChI=1S/C21H22Cl2N4O3/c1-12(28)26-21-15(22)8-13(9-16(21)23)10-19(24)27-20(29)11-17(25-2)14-6-4-5-7-18(14)30-3/h4-9H,10-11H2,1-3H3,(H,26,28)(H2,24,27,29). The van der Waals surface area contributed by atoms with Gasteiger partial charge in [0.25, 0.3) is 0 Å². The van der Waals surface area contributed by atoms with Gasteiger partial charge in [-0.2, -0.15) is 0 Å². The Balaban J connectivity index is 2.04. The Hall–Kier alpha value is -2.90. The molecule has 0 spiro atoms. The van der Waals surface area contributed by atoms with Crippen LogP contribution in [-0.2, 0) is 16.0 Å². The second kappa shape index (κ2) is 10.8. The third-order valence-corrected chi connectivity index (χ3v) is 4.69. The van der Waals surface area contributed by atoms with Gasteiger partial charge in [0.15, 0.2) is 0 Å². The van der Waals surface area contributed by atoms with Crippen LogP contribution in [0.25, 0.3) is 0 Å². The first kappa shape index (κ1) is 23.4. The molecule has 0 aliphatic heterocycles. The highest BCUT2D eigenvalue weighted by atomic mass is 35.5. The van der Waals surface area contributed by atoms with Crippen molar-refractivity contribution in [3.05, 3.63) is 57.6 Å². The minimum atomic E-state index is -0.376. The molecule has 0 unspecified atom stereocenters. The summed E-state index contributed by atoms with van der Waals surface area (Å²) in [5.41, 5.74) is 2.20. The number of hydrogen-bond acceptors (Lipinski definition) is 5. The number of methoxy groups -OCH3 is 1. The van der Waals surface area contributed by atoms with Crippen molar-refractivity contribution in [2.24, 2.45) is 4.99 Å². The number of hydrogen-bond donors (Lipinski definition) is 3. The van der Waals surface area contributed by atoms with Crippen LogP contribution >= 0.6 is 23.2 Å². The number of carbonyl (C=O) groups is 2.